The van der Waals surface area contributed by atoms with Crippen LogP contribution in [0.25, 0.3) is 0 Å². The lowest BCUT2D eigenvalue weighted by Gasteiger charge is -2.19. The summed E-state index contributed by atoms with van der Waals surface area (Å²) < 4.78 is 5.99. The first-order chi connectivity index (χ1) is 9.91. The fraction of sp³-hybridized carbons (Fsp3) is 0.368. The highest BCUT2D eigenvalue weighted by Gasteiger charge is 2.13. The number of ether oxygens (including phenoxy) is 1. The smallest absolute Gasteiger partial charge is 0.127 e. The molecule has 0 amide bonds. The lowest BCUT2D eigenvalue weighted by molar-refractivity contribution is 0.301. The zero-order chi connectivity index (χ0) is 15.5. The maximum absolute atomic E-state index is 5.99. The fourth-order valence-corrected chi connectivity index (χ4v) is 2.49. The number of aryl methyl sites for hydroxylation is 1. The van der Waals surface area contributed by atoms with Crippen LogP contribution in [0.3, 0.4) is 0 Å². The third-order valence-electron chi connectivity index (χ3n) is 3.64. The van der Waals surface area contributed by atoms with Gasteiger partial charge in [0.25, 0.3) is 0 Å². The van der Waals surface area contributed by atoms with Crippen LogP contribution in [0.1, 0.15) is 43.0 Å². The number of rotatable bonds is 4. The Kier molecular flexibility index (Phi) is 4.95. The van der Waals surface area contributed by atoms with Crippen molar-refractivity contribution in [3.63, 3.8) is 0 Å². The molecule has 0 aromatic heterocycles. The molecule has 0 radical (unpaired) electrons. The minimum Gasteiger partial charge on any atom is -0.488 e. The highest BCUT2D eigenvalue weighted by atomic mass is 35.5. The Morgan fingerprint density at radius 3 is 2.24 bits per heavy atom. The quantitative estimate of drug-likeness (QED) is 0.667. The maximum Gasteiger partial charge on any atom is 0.127 e. The number of halogens is 1. The summed E-state index contributed by atoms with van der Waals surface area (Å²) in [6, 6.07) is 14.7. The molecule has 1 nitrogen and oxygen atoms in total. The molecular formula is C19H23ClO. The molecular weight excluding hydrogens is 280 g/mol. The molecule has 0 unspecified atom stereocenters. The van der Waals surface area contributed by atoms with Crippen molar-refractivity contribution in [1.82, 2.24) is 0 Å². The van der Waals surface area contributed by atoms with Gasteiger partial charge in [0.05, 0.1) is 5.88 Å². The average Bonchev–Trinajstić information content (AvgIpc) is 2.45. The van der Waals surface area contributed by atoms with E-state index in [4.69, 9.17) is 16.3 Å². The van der Waals surface area contributed by atoms with Gasteiger partial charge >= 0.3 is 0 Å². The van der Waals surface area contributed by atoms with E-state index in [1.165, 1.54) is 11.1 Å². The first-order valence-electron chi connectivity index (χ1n) is 7.28. The van der Waals surface area contributed by atoms with E-state index in [-0.39, 0.29) is 5.41 Å². The average molecular weight is 303 g/mol. The number of para-hydroxylation sites is 1. The zero-order valence-corrected chi connectivity index (χ0v) is 14.0. The second kappa shape index (κ2) is 6.53. The first kappa shape index (κ1) is 15.9. The van der Waals surface area contributed by atoms with Gasteiger partial charge in [0, 0.05) is 5.56 Å². The van der Waals surface area contributed by atoms with Gasteiger partial charge in [-0.15, -0.1) is 11.6 Å². The normalized spacial score (nSPS) is 11.5. The molecule has 0 heterocycles. The van der Waals surface area contributed by atoms with Gasteiger partial charge in [0.15, 0.2) is 0 Å². The molecule has 0 N–H and O–H groups in total. The van der Waals surface area contributed by atoms with Gasteiger partial charge in [-0.2, -0.15) is 0 Å². The van der Waals surface area contributed by atoms with Crippen LogP contribution in [0.15, 0.2) is 42.5 Å². The molecule has 0 fully saturated rings. The Morgan fingerprint density at radius 2 is 1.67 bits per heavy atom. The molecule has 0 atom stereocenters. The molecule has 0 aliphatic rings. The first-order valence-corrected chi connectivity index (χ1v) is 7.82. The minimum absolute atomic E-state index is 0.182. The number of hydrogen-bond donors (Lipinski definition) is 0. The summed E-state index contributed by atoms with van der Waals surface area (Å²) in [7, 11) is 0. The third kappa shape index (κ3) is 4.01. The highest BCUT2D eigenvalue weighted by molar-refractivity contribution is 6.17. The van der Waals surface area contributed by atoms with Crippen LogP contribution in [0.4, 0.5) is 0 Å². The van der Waals surface area contributed by atoms with E-state index >= 15 is 0 Å². The minimum atomic E-state index is 0.182. The standard InChI is InChI=1S/C19H23ClO/c1-14-6-5-7-16(12-20)18(14)21-13-15-8-10-17(11-9-15)19(2,3)4/h5-11H,12-13H2,1-4H3. The molecule has 0 aliphatic heterocycles. The van der Waals surface area contributed by atoms with E-state index in [0.717, 1.165) is 16.9 Å². The SMILES string of the molecule is Cc1cccc(CCl)c1OCc1ccc(C(C)(C)C)cc1. The van der Waals surface area contributed by atoms with Gasteiger partial charge in [-0.25, -0.2) is 0 Å². The van der Waals surface area contributed by atoms with Gasteiger partial charge in [-0.3, -0.25) is 0 Å². The Morgan fingerprint density at radius 1 is 1.00 bits per heavy atom. The van der Waals surface area contributed by atoms with E-state index in [1.54, 1.807) is 0 Å². The van der Waals surface area contributed by atoms with Crippen LogP contribution >= 0.6 is 11.6 Å². The van der Waals surface area contributed by atoms with Crippen LogP contribution in [0.2, 0.25) is 0 Å². The summed E-state index contributed by atoms with van der Waals surface area (Å²) in [5.41, 5.74) is 4.86. The van der Waals surface area contributed by atoms with Crippen LogP contribution in [-0.4, -0.2) is 0 Å². The predicted octanol–water partition coefficient (Wildman–Crippen LogP) is 5.61. The van der Waals surface area contributed by atoms with Gasteiger partial charge in [0.1, 0.15) is 12.4 Å². The predicted molar refractivity (Wildman–Crippen MR) is 90.2 cm³/mol. The molecule has 0 saturated carbocycles. The van der Waals surface area contributed by atoms with Crippen molar-refractivity contribution in [3.05, 3.63) is 64.7 Å². The van der Waals surface area contributed by atoms with Crippen molar-refractivity contribution in [2.45, 2.75) is 45.6 Å². The molecule has 0 bridgehead atoms. The highest BCUT2D eigenvalue weighted by Crippen LogP contribution is 2.26. The van der Waals surface area contributed by atoms with Crippen LogP contribution < -0.4 is 4.74 Å². The molecule has 0 spiro atoms. The number of benzene rings is 2. The Bertz CT molecular complexity index is 594. The summed E-state index contributed by atoms with van der Waals surface area (Å²) in [6.07, 6.45) is 0. The van der Waals surface area contributed by atoms with Gasteiger partial charge in [0.2, 0.25) is 0 Å². The van der Waals surface area contributed by atoms with Crippen molar-refractivity contribution < 1.29 is 4.74 Å². The Balaban J connectivity index is 2.10. The summed E-state index contributed by atoms with van der Waals surface area (Å²) >= 11 is 5.98. The topological polar surface area (TPSA) is 9.23 Å². The maximum atomic E-state index is 5.99. The third-order valence-corrected chi connectivity index (χ3v) is 3.93. The molecule has 2 rings (SSSR count). The second-order valence-corrected chi connectivity index (χ2v) is 6.70. The van der Waals surface area contributed by atoms with Crippen LogP contribution in [-0.2, 0) is 17.9 Å². The molecule has 112 valence electrons. The summed E-state index contributed by atoms with van der Waals surface area (Å²) in [6.45, 7) is 9.28. The van der Waals surface area contributed by atoms with Crippen molar-refractivity contribution in [2.75, 3.05) is 0 Å². The molecule has 2 aromatic rings. The number of hydrogen-bond acceptors (Lipinski definition) is 1. The van der Waals surface area contributed by atoms with Crippen molar-refractivity contribution >= 4 is 11.6 Å². The van der Waals surface area contributed by atoms with E-state index in [1.807, 2.05) is 25.1 Å². The summed E-state index contributed by atoms with van der Waals surface area (Å²) in [5.74, 6) is 1.38. The van der Waals surface area contributed by atoms with E-state index in [9.17, 15) is 0 Å². The van der Waals surface area contributed by atoms with E-state index in [0.29, 0.717) is 12.5 Å². The van der Waals surface area contributed by atoms with E-state index < -0.39 is 0 Å². The molecule has 2 heteroatoms. The van der Waals surface area contributed by atoms with Crippen molar-refractivity contribution in [1.29, 1.82) is 0 Å². The second-order valence-electron chi connectivity index (χ2n) is 6.43. The molecule has 0 saturated heterocycles. The molecule has 0 aliphatic carbocycles. The summed E-state index contributed by atoms with van der Waals surface area (Å²) in [4.78, 5) is 0. The Hall–Kier alpha value is -1.47. The lowest BCUT2D eigenvalue weighted by atomic mass is 9.87. The Labute approximate surface area is 132 Å². The van der Waals surface area contributed by atoms with Gasteiger partial charge in [-0.1, -0.05) is 63.2 Å². The lowest BCUT2D eigenvalue weighted by Crippen LogP contribution is -2.11. The fourth-order valence-electron chi connectivity index (χ4n) is 2.28. The van der Waals surface area contributed by atoms with Crippen LogP contribution in [0.5, 0.6) is 5.75 Å². The van der Waals surface area contributed by atoms with E-state index in [2.05, 4.69) is 45.0 Å². The van der Waals surface area contributed by atoms with Gasteiger partial charge in [-0.05, 0) is 29.0 Å². The monoisotopic (exact) mass is 302 g/mol. The molecule has 2 aromatic carbocycles. The van der Waals surface area contributed by atoms with Crippen molar-refractivity contribution in [3.8, 4) is 5.75 Å². The number of alkyl halides is 1. The van der Waals surface area contributed by atoms with Crippen molar-refractivity contribution in [2.24, 2.45) is 0 Å². The van der Waals surface area contributed by atoms with Gasteiger partial charge < -0.3 is 4.74 Å². The largest absolute Gasteiger partial charge is 0.488 e. The van der Waals surface area contributed by atoms with Crippen LogP contribution in [0, 0.1) is 6.92 Å². The molecule has 21 heavy (non-hydrogen) atoms. The zero-order valence-electron chi connectivity index (χ0n) is 13.2. The summed E-state index contributed by atoms with van der Waals surface area (Å²) in [5, 5.41) is 0.